The summed E-state index contributed by atoms with van der Waals surface area (Å²) in [5.41, 5.74) is 2.58. The van der Waals surface area contributed by atoms with Crippen LogP contribution in [0.25, 0.3) is 0 Å². The summed E-state index contributed by atoms with van der Waals surface area (Å²) in [4.78, 5) is 2.23. The molecule has 0 aromatic heterocycles. The number of nitrogens with zero attached hydrogens (tertiary/aromatic N) is 1. The Bertz CT molecular complexity index is 315. The van der Waals surface area contributed by atoms with E-state index in [1.807, 2.05) is 6.20 Å². The van der Waals surface area contributed by atoms with Gasteiger partial charge in [-0.15, -0.1) is 0 Å². The van der Waals surface area contributed by atoms with Crippen LogP contribution in [-0.4, -0.2) is 6.54 Å². The van der Waals surface area contributed by atoms with Crippen LogP contribution < -0.4 is 4.90 Å². The fourth-order valence-corrected chi connectivity index (χ4v) is 1.59. The number of para-hydroxylation sites is 1. The summed E-state index contributed by atoms with van der Waals surface area (Å²) >= 11 is 0. The molecule has 0 N–H and O–H groups in total. The van der Waals surface area contributed by atoms with E-state index in [-0.39, 0.29) is 0 Å². The van der Waals surface area contributed by atoms with Gasteiger partial charge in [-0.1, -0.05) is 38.6 Å². The second kappa shape index (κ2) is 5.59. The lowest BCUT2D eigenvalue weighted by atomic mass is 10.1. The molecule has 1 nitrogen and oxygen atoms in total. The molecular weight excluding hydrogens is 182 g/mol. The molecule has 0 radical (unpaired) electrons. The second-order valence-corrected chi connectivity index (χ2v) is 4.34. The van der Waals surface area contributed by atoms with Crippen LogP contribution in [0.4, 0.5) is 5.69 Å². The quantitative estimate of drug-likeness (QED) is 0.699. The summed E-state index contributed by atoms with van der Waals surface area (Å²) in [5.74, 6) is 0.733. The number of hydrogen-bond acceptors (Lipinski definition) is 1. The van der Waals surface area contributed by atoms with Crippen LogP contribution in [0.5, 0.6) is 0 Å². The van der Waals surface area contributed by atoms with Gasteiger partial charge in [-0.2, -0.15) is 0 Å². The van der Waals surface area contributed by atoms with Crippen LogP contribution in [-0.2, 0) is 0 Å². The Balaban J connectivity index is 2.74. The topological polar surface area (TPSA) is 3.24 Å². The molecule has 0 unspecified atom stereocenters. The Hall–Kier alpha value is -1.24. The highest BCUT2D eigenvalue weighted by atomic mass is 15.1. The summed E-state index contributed by atoms with van der Waals surface area (Å²) in [6.07, 6.45) is 3.12. The van der Waals surface area contributed by atoms with E-state index in [2.05, 4.69) is 56.5 Å². The summed E-state index contributed by atoms with van der Waals surface area (Å²) in [6.45, 7) is 11.6. The molecule has 0 heterocycles. The maximum absolute atomic E-state index is 3.88. The van der Waals surface area contributed by atoms with Crippen molar-refractivity contribution in [3.63, 3.8) is 0 Å². The lowest BCUT2D eigenvalue weighted by molar-refractivity contribution is 0.590. The van der Waals surface area contributed by atoms with Gasteiger partial charge in [-0.25, -0.2) is 0 Å². The van der Waals surface area contributed by atoms with Crippen LogP contribution in [0.3, 0.4) is 0 Å². The number of hydrogen-bond donors (Lipinski definition) is 0. The van der Waals surface area contributed by atoms with E-state index in [9.17, 15) is 0 Å². The smallest absolute Gasteiger partial charge is 0.0435 e. The fourth-order valence-electron chi connectivity index (χ4n) is 1.59. The van der Waals surface area contributed by atoms with Gasteiger partial charge < -0.3 is 4.90 Å². The van der Waals surface area contributed by atoms with Gasteiger partial charge in [0, 0.05) is 12.2 Å². The van der Waals surface area contributed by atoms with E-state index in [1.165, 1.54) is 17.7 Å². The van der Waals surface area contributed by atoms with Gasteiger partial charge in [0.15, 0.2) is 0 Å². The second-order valence-electron chi connectivity index (χ2n) is 4.34. The first-order chi connectivity index (χ1) is 7.15. The van der Waals surface area contributed by atoms with Crippen molar-refractivity contribution in [2.24, 2.45) is 5.92 Å². The van der Waals surface area contributed by atoms with Gasteiger partial charge in [0.25, 0.3) is 0 Å². The summed E-state index contributed by atoms with van der Waals surface area (Å²) < 4.78 is 0. The Morgan fingerprint density at radius 2 is 2.00 bits per heavy atom. The van der Waals surface area contributed by atoms with Crippen LogP contribution in [0, 0.1) is 12.8 Å². The molecule has 0 fully saturated rings. The first-order valence-corrected chi connectivity index (χ1v) is 5.60. The van der Waals surface area contributed by atoms with Gasteiger partial charge in [0.2, 0.25) is 0 Å². The molecular formula is C14H21N. The van der Waals surface area contributed by atoms with Crippen molar-refractivity contribution in [3.8, 4) is 0 Å². The molecule has 0 spiro atoms. The minimum Gasteiger partial charge on any atom is -0.348 e. The third-order valence-corrected chi connectivity index (χ3v) is 2.59. The molecule has 0 saturated heterocycles. The predicted octanol–water partition coefficient (Wildman–Crippen LogP) is 3.99. The van der Waals surface area contributed by atoms with Gasteiger partial charge in [-0.05, 0) is 37.1 Å². The first-order valence-electron chi connectivity index (χ1n) is 5.60. The molecule has 1 aromatic carbocycles. The first kappa shape index (κ1) is 11.8. The highest BCUT2D eigenvalue weighted by Gasteiger charge is 2.05. The highest BCUT2D eigenvalue weighted by molar-refractivity contribution is 5.54. The number of anilines is 1. The van der Waals surface area contributed by atoms with Gasteiger partial charge >= 0.3 is 0 Å². The molecule has 0 aliphatic carbocycles. The van der Waals surface area contributed by atoms with E-state index in [4.69, 9.17) is 0 Å². The lowest BCUT2D eigenvalue weighted by Crippen LogP contribution is -2.19. The molecule has 1 aromatic rings. The molecule has 82 valence electrons. The van der Waals surface area contributed by atoms with E-state index >= 15 is 0 Å². The zero-order valence-corrected chi connectivity index (χ0v) is 10.0. The maximum Gasteiger partial charge on any atom is 0.0435 e. The van der Waals surface area contributed by atoms with Crippen LogP contribution in [0.1, 0.15) is 25.8 Å². The average molecular weight is 203 g/mol. The van der Waals surface area contributed by atoms with E-state index in [0.29, 0.717) is 0 Å². The van der Waals surface area contributed by atoms with Crippen molar-refractivity contribution in [3.05, 3.63) is 42.6 Å². The van der Waals surface area contributed by atoms with Crippen molar-refractivity contribution in [2.75, 3.05) is 11.4 Å². The van der Waals surface area contributed by atoms with Crippen LogP contribution in [0.2, 0.25) is 0 Å². The summed E-state index contributed by atoms with van der Waals surface area (Å²) in [7, 11) is 0. The van der Waals surface area contributed by atoms with E-state index in [0.717, 1.165) is 12.5 Å². The van der Waals surface area contributed by atoms with Crippen LogP contribution in [0.15, 0.2) is 37.0 Å². The normalized spacial score (nSPS) is 10.4. The number of aryl methyl sites for hydroxylation is 1. The lowest BCUT2D eigenvalue weighted by Gasteiger charge is -2.22. The SMILES string of the molecule is C=CN(CCC(C)C)c1ccccc1C. The number of rotatable bonds is 5. The average Bonchev–Trinajstić information content (AvgIpc) is 2.21. The minimum absolute atomic E-state index is 0.733. The number of benzene rings is 1. The molecule has 0 amide bonds. The Labute approximate surface area is 93.4 Å². The Morgan fingerprint density at radius 3 is 2.53 bits per heavy atom. The van der Waals surface area contributed by atoms with Crippen molar-refractivity contribution >= 4 is 5.69 Å². The molecule has 0 atom stereocenters. The van der Waals surface area contributed by atoms with Crippen molar-refractivity contribution in [1.82, 2.24) is 0 Å². The zero-order valence-electron chi connectivity index (χ0n) is 10.0. The molecule has 0 aliphatic heterocycles. The molecule has 0 bridgehead atoms. The Morgan fingerprint density at radius 1 is 1.33 bits per heavy atom. The van der Waals surface area contributed by atoms with E-state index in [1.54, 1.807) is 0 Å². The van der Waals surface area contributed by atoms with Gasteiger partial charge in [-0.3, -0.25) is 0 Å². The van der Waals surface area contributed by atoms with Gasteiger partial charge in [0.1, 0.15) is 0 Å². The third kappa shape index (κ3) is 3.43. The fraction of sp³-hybridized carbons (Fsp3) is 0.429. The molecule has 15 heavy (non-hydrogen) atoms. The standard InChI is InChI=1S/C14H21N/c1-5-15(11-10-12(2)3)14-9-7-6-8-13(14)4/h5-9,12H,1,10-11H2,2-4H3. The largest absolute Gasteiger partial charge is 0.348 e. The van der Waals surface area contributed by atoms with Crippen molar-refractivity contribution in [1.29, 1.82) is 0 Å². The van der Waals surface area contributed by atoms with Crippen molar-refractivity contribution in [2.45, 2.75) is 27.2 Å². The Kier molecular flexibility index (Phi) is 4.41. The predicted molar refractivity (Wildman–Crippen MR) is 68.2 cm³/mol. The molecule has 0 saturated carbocycles. The third-order valence-electron chi connectivity index (χ3n) is 2.59. The maximum atomic E-state index is 3.88. The molecule has 1 rings (SSSR count). The molecule has 0 aliphatic rings. The van der Waals surface area contributed by atoms with Gasteiger partial charge in [0.05, 0.1) is 0 Å². The van der Waals surface area contributed by atoms with Crippen molar-refractivity contribution < 1.29 is 0 Å². The van der Waals surface area contributed by atoms with E-state index < -0.39 is 0 Å². The molecule has 1 heteroatoms. The zero-order chi connectivity index (χ0) is 11.3. The highest BCUT2D eigenvalue weighted by Crippen LogP contribution is 2.20. The minimum atomic E-state index is 0.733. The monoisotopic (exact) mass is 203 g/mol. The van der Waals surface area contributed by atoms with Crippen LogP contribution >= 0.6 is 0 Å². The summed E-state index contributed by atoms with van der Waals surface area (Å²) in [5, 5.41) is 0. The summed E-state index contributed by atoms with van der Waals surface area (Å²) in [6, 6.07) is 8.44.